The maximum absolute atomic E-state index is 13.5. The van der Waals surface area contributed by atoms with Crippen molar-refractivity contribution in [2.24, 2.45) is 0 Å². The summed E-state index contributed by atoms with van der Waals surface area (Å²) in [6.07, 6.45) is 0.0752. The van der Waals surface area contributed by atoms with Crippen LogP contribution >= 0.6 is 0 Å². The van der Waals surface area contributed by atoms with Crippen LogP contribution in [0.5, 0.6) is 0 Å². The molecule has 1 aromatic carbocycles. The van der Waals surface area contributed by atoms with Crippen molar-refractivity contribution in [3.63, 3.8) is 0 Å². The molecule has 2 aromatic rings. The van der Waals surface area contributed by atoms with E-state index >= 15 is 0 Å². The van der Waals surface area contributed by atoms with E-state index in [0.29, 0.717) is 0 Å². The fourth-order valence-corrected chi connectivity index (χ4v) is 1.47. The fourth-order valence-electron chi connectivity index (χ4n) is 1.47. The van der Waals surface area contributed by atoms with E-state index in [4.69, 9.17) is 4.42 Å². The van der Waals surface area contributed by atoms with Crippen LogP contribution in [0.25, 0.3) is 0 Å². The monoisotopic (exact) mass is 224 g/mol. The third kappa shape index (κ3) is 1.84. The summed E-state index contributed by atoms with van der Waals surface area (Å²) >= 11 is 0. The van der Waals surface area contributed by atoms with Crippen LogP contribution in [0.1, 0.15) is 23.0 Å². The Balaban J connectivity index is 2.44. The molecule has 0 amide bonds. The molecule has 0 fully saturated rings. The minimum atomic E-state index is -1.29. The molecule has 0 saturated heterocycles. The predicted octanol–water partition coefficient (Wildman–Crippen LogP) is 2.95. The third-order valence-electron chi connectivity index (χ3n) is 2.39. The van der Waals surface area contributed by atoms with Gasteiger partial charge in [0.1, 0.15) is 23.5 Å². The molecular formula is C12H10F2O2. The Hall–Kier alpha value is -1.68. The van der Waals surface area contributed by atoms with Gasteiger partial charge in [-0.1, -0.05) is 0 Å². The normalized spacial score (nSPS) is 12.8. The summed E-state index contributed by atoms with van der Waals surface area (Å²) < 4.78 is 31.7. The molecule has 0 radical (unpaired) electrons. The summed E-state index contributed by atoms with van der Waals surface area (Å²) in [5.41, 5.74) is 0.0749. The molecule has 1 aromatic heterocycles. The summed E-state index contributed by atoms with van der Waals surface area (Å²) in [6, 6.07) is 5.11. The van der Waals surface area contributed by atoms with Crippen LogP contribution in [0.4, 0.5) is 8.78 Å². The smallest absolute Gasteiger partial charge is 0.140 e. The van der Waals surface area contributed by atoms with E-state index in [0.717, 1.165) is 12.1 Å². The van der Waals surface area contributed by atoms with E-state index in [1.54, 1.807) is 6.07 Å². The Morgan fingerprint density at radius 1 is 1.25 bits per heavy atom. The lowest BCUT2D eigenvalue weighted by atomic mass is 10.0. The molecule has 0 saturated carbocycles. The number of aliphatic hydroxyl groups excluding tert-OH is 1. The first-order valence-electron chi connectivity index (χ1n) is 4.76. The highest BCUT2D eigenvalue weighted by Crippen LogP contribution is 2.26. The van der Waals surface area contributed by atoms with Crippen molar-refractivity contribution < 1.29 is 18.3 Å². The van der Waals surface area contributed by atoms with Gasteiger partial charge in [-0.25, -0.2) is 8.78 Å². The number of hydrogen-bond donors (Lipinski definition) is 1. The van der Waals surface area contributed by atoms with Crippen LogP contribution < -0.4 is 0 Å². The van der Waals surface area contributed by atoms with Gasteiger partial charge in [0, 0.05) is 5.56 Å². The van der Waals surface area contributed by atoms with Crippen LogP contribution in [-0.2, 0) is 0 Å². The molecule has 0 aliphatic heterocycles. The fraction of sp³-hybridized carbons (Fsp3) is 0.167. The SMILES string of the molecule is Cc1cc(F)c(C(O)c2ccco2)cc1F. The van der Waals surface area contributed by atoms with Gasteiger partial charge in [0.15, 0.2) is 0 Å². The van der Waals surface area contributed by atoms with Gasteiger partial charge < -0.3 is 9.52 Å². The average molecular weight is 224 g/mol. The summed E-state index contributed by atoms with van der Waals surface area (Å²) in [5.74, 6) is -1.02. The molecule has 2 rings (SSSR count). The lowest BCUT2D eigenvalue weighted by Gasteiger charge is -2.10. The van der Waals surface area contributed by atoms with E-state index in [9.17, 15) is 13.9 Å². The number of rotatable bonds is 2. The van der Waals surface area contributed by atoms with Crippen molar-refractivity contribution in [1.29, 1.82) is 0 Å². The Morgan fingerprint density at radius 2 is 2.00 bits per heavy atom. The van der Waals surface area contributed by atoms with Gasteiger partial charge in [-0.2, -0.15) is 0 Å². The lowest BCUT2D eigenvalue weighted by molar-refractivity contribution is 0.184. The minimum absolute atomic E-state index is 0.127. The average Bonchev–Trinajstić information content (AvgIpc) is 2.75. The van der Waals surface area contributed by atoms with Gasteiger partial charge >= 0.3 is 0 Å². The molecule has 0 aliphatic carbocycles. The zero-order chi connectivity index (χ0) is 11.7. The van der Waals surface area contributed by atoms with Gasteiger partial charge in [-0.3, -0.25) is 0 Å². The maximum Gasteiger partial charge on any atom is 0.140 e. The van der Waals surface area contributed by atoms with E-state index < -0.39 is 17.7 Å². The molecule has 16 heavy (non-hydrogen) atoms. The first-order valence-corrected chi connectivity index (χ1v) is 4.76. The number of benzene rings is 1. The van der Waals surface area contributed by atoms with Gasteiger partial charge in [0.05, 0.1) is 6.26 Å². The molecule has 1 heterocycles. The van der Waals surface area contributed by atoms with Gasteiger partial charge in [0.25, 0.3) is 0 Å². The van der Waals surface area contributed by atoms with Crippen molar-refractivity contribution in [2.45, 2.75) is 13.0 Å². The van der Waals surface area contributed by atoms with E-state index in [-0.39, 0.29) is 16.9 Å². The summed E-state index contributed by atoms with van der Waals surface area (Å²) in [4.78, 5) is 0. The van der Waals surface area contributed by atoms with Crippen molar-refractivity contribution >= 4 is 0 Å². The molecule has 0 bridgehead atoms. The molecule has 0 spiro atoms. The predicted molar refractivity (Wildman–Crippen MR) is 53.9 cm³/mol. The Kier molecular flexibility index (Phi) is 2.75. The van der Waals surface area contributed by atoms with Crippen molar-refractivity contribution in [3.05, 3.63) is 59.1 Å². The molecule has 1 unspecified atom stereocenters. The first-order chi connectivity index (χ1) is 7.59. The molecule has 1 N–H and O–H groups in total. The summed E-state index contributed by atoms with van der Waals surface area (Å²) in [7, 11) is 0. The largest absolute Gasteiger partial charge is 0.466 e. The first kappa shape index (κ1) is 10.8. The van der Waals surface area contributed by atoms with E-state index in [1.807, 2.05) is 0 Å². The standard InChI is InChI=1S/C12H10F2O2/c1-7-5-10(14)8(6-9(7)13)12(15)11-3-2-4-16-11/h2-6,12,15H,1H3. The molecule has 1 atom stereocenters. The highest BCUT2D eigenvalue weighted by atomic mass is 19.1. The van der Waals surface area contributed by atoms with Gasteiger partial charge in [0.2, 0.25) is 0 Å². The second-order valence-corrected chi connectivity index (χ2v) is 3.54. The second kappa shape index (κ2) is 4.06. The van der Waals surface area contributed by atoms with Crippen LogP contribution in [0.2, 0.25) is 0 Å². The van der Waals surface area contributed by atoms with Crippen LogP contribution in [0.3, 0.4) is 0 Å². The van der Waals surface area contributed by atoms with Gasteiger partial charge in [-0.15, -0.1) is 0 Å². The molecule has 4 heteroatoms. The molecule has 2 nitrogen and oxygen atoms in total. The number of hydrogen-bond acceptors (Lipinski definition) is 2. The van der Waals surface area contributed by atoms with E-state index in [1.165, 1.54) is 19.3 Å². The third-order valence-corrected chi connectivity index (χ3v) is 2.39. The van der Waals surface area contributed by atoms with Crippen molar-refractivity contribution in [2.75, 3.05) is 0 Å². The number of halogens is 2. The molecule has 0 aliphatic rings. The van der Waals surface area contributed by atoms with Crippen LogP contribution in [0.15, 0.2) is 34.9 Å². The van der Waals surface area contributed by atoms with E-state index in [2.05, 4.69) is 0 Å². The minimum Gasteiger partial charge on any atom is -0.466 e. The summed E-state index contributed by atoms with van der Waals surface area (Å²) in [5, 5.41) is 9.78. The zero-order valence-electron chi connectivity index (χ0n) is 8.58. The lowest BCUT2D eigenvalue weighted by Crippen LogP contribution is -2.03. The number of aliphatic hydroxyl groups is 1. The Morgan fingerprint density at radius 3 is 2.62 bits per heavy atom. The summed E-state index contributed by atoms with van der Waals surface area (Å²) in [6.45, 7) is 1.46. The van der Waals surface area contributed by atoms with Gasteiger partial charge in [-0.05, 0) is 36.8 Å². The Labute approximate surface area is 91.1 Å². The van der Waals surface area contributed by atoms with Crippen molar-refractivity contribution in [3.8, 4) is 0 Å². The maximum atomic E-state index is 13.5. The van der Waals surface area contributed by atoms with Crippen LogP contribution in [-0.4, -0.2) is 5.11 Å². The highest BCUT2D eigenvalue weighted by molar-refractivity contribution is 5.30. The number of aryl methyl sites for hydroxylation is 1. The quantitative estimate of drug-likeness (QED) is 0.850. The van der Waals surface area contributed by atoms with Crippen molar-refractivity contribution in [1.82, 2.24) is 0 Å². The molecule has 84 valence electrons. The molecular weight excluding hydrogens is 214 g/mol. The topological polar surface area (TPSA) is 33.4 Å². The zero-order valence-corrected chi connectivity index (χ0v) is 8.58. The van der Waals surface area contributed by atoms with Crippen LogP contribution in [0, 0.1) is 18.6 Å². The highest BCUT2D eigenvalue weighted by Gasteiger charge is 2.19. The Bertz CT molecular complexity index is 492. The number of furan rings is 1. The second-order valence-electron chi connectivity index (χ2n) is 3.54.